The van der Waals surface area contributed by atoms with E-state index in [-0.39, 0.29) is 11.5 Å². The molecule has 102 valence electrons. The molecule has 1 aromatic carbocycles. The molecule has 1 N–H and O–H groups in total. The molecule has 0 saturated carbocycles. The molecule has 4 heteroatoms. The molecule has 0 atom stereocenters. The molecule has 0 radical (unpaired) electrons. The van der Waals surface area contributed by atoms with Gasteiger partial charge in [0.1, 0.15) is 11.6 Å². The minimum atomic E-state index is -0.577. The van der Waals surface area contributed by atoms with Crippen LogP contribution in [-0.4, -0.2) is 17.6 Å². The fraction of sp³-hybridized carbons (Fsp3) is 0.250. The van der Waals surface area contributed by atoms with Crippen molar-refractivity contribution in [1.29, 1.82) is 5.26 Å². The van der Waals surface area contributed by atoms with Crippen LogP contribution in [0.4, 0.5) is 0 Å². The van der Waals surface area contributed by atoms with Gasteiger partial charge in [0, 0.05) is 22.7 Å². The van der Waals surface area contributed by atoms with Crippen molar-refractivity contribution in [3.8, 4) is 6.07 Å². The van der Waals surface area contributed by atoms with Crippen LogP contribution in [0.3, 0.4) is 0 Å². The Bertz CT molecular complexity index is 690. The number of H-pyrrole nitrogens is 1. The number of hydrogen-bond donors (Lipinski definition) is 1. The summed E-state index contributed by atoms with van der Waals surface area (Å²) in [4.78, 5) is 14.9. The SMILES string of the molecule is CC(C)COC(=O)C(C#N)=Cc1c[nH]c2ccccc12. The molecule has 1 aromatic heterocycles. The van der Waals surface area contributed by atoms with E-state index < -0.39 is 5.97 Å². The molecule has 2 rings (SSSR count). The van der Waals surface area contributed by atoms with Gasteiger partial charge in [-0.15, -0.1) is 0 Å². The Morgan fingerprint density at radius 2 is 2.20 bits per heavy atom. The molecule has 0 aliphatic carbocycles. The average molecular weight is 268 g/mol. The van der Waals surface area contributed by atoms with Crippen molar-refractivity contribution in [3.05, 3.63) is 41.6 Å². The fourth-order valence-corrected chi connectivity index (χ4v) is 1.83. The number of carbonyl (C=O) groups excluding carboxylic acids is 1. The lowest BCUT2D eigenvalue weighted by atomic mass is 10.1. The van der Waals surface area contributed by atoms with Gasteiger partial charge >= 0.3 is 5.97 Å². The second kappa shape index (κ2) is 6.07. The molecule has 0 bridgehead atoms. The lowest BCUT2D eigenvalue weighted by molar-refractivity contribution is -0.139. The third-order valence-corrected chi connectivity index (χ3v) is 2.81. The van der Waals surface area contributed by atoms with E-state index in [2.05, 4.69) is 4.98 Å². The zero-order valence-electron chi connectivity index (χ0n) is 11.5. The predicted octanol–water partition coefficient (Wildman–Crippen LogP) is 3.27. The summed E-state index contributed by atoms with van der Waals surface area (Å²) in [6, 6.07) is 9.62. The smallest absolute Gasteiger partial charge is 0.348 e. The van der Waals surface area contributed by atoms with Crippen molar-refractivity contribution in [2.75, 3.05) is 6.61 Å². The number of nitriles is 1. The van der Waals surface area contributed by atoms with E-state index in [9.17, 15) is 4.79 Å². The number of rotatable bonds is 4. The van der Waals surface area contributed by atoms with Crippen molar-refractivity contribution in [2.45, 2.75) is 13.8 Å². The van der Waals surface area contributed by atoms with Crippen LogP contribution in [0.5, 0.6) is 0 Å². The van der Waals surface area contributed by atoms with Crippen LogP contribution >= 0.6 is 0 Å². The van der Waals surface area contributed by atoms with Gasteiger partial charge in [-0.05, 0) is 18.1 Å². The average Bonchev–Trinajstić information content (AvgIpc) is 2.85. The topological polar surface area (TPSA) is 65.9 Å². The maximum Gasteiger partial charge on any atom is 0.348 e. The zero-order valence-corrected chi connectivity index (χ0v) is 11.5. The van der Waals surface area contributed by atoms with Gasteiger partial charge in [-0.25, -0.2) is 4.79 Å². The first-order valence-electron chi connectivity index (χ1n) is 6.47. The van der Waals surface area contributed by atoms with Gasteiger partial charge in [-0.3, -0.25) is 0 Å². The molecular formula is C16H16N2O2. The molecule has 4 nitrogen and oxygen atoms in total. The maximum absolute atomic E-state index is 11.8. The molecule has 0 unspecified atom stereocenters. The highest BCUT2D eigenvalue weighted by Crippen LogP contribution is 2.20. The quantitative estimate of drug-likeness (QED) is 0.525. The standard InChI is InChI=1S/C16H16N2O2/c1-11(2)10-20-16(19)12(8-17)7-13-9-18-15-6-4-3-5-14(13)15/h3-7,9,11,18H,10H2,1-2H3. The minimum Gasteiger partial charge on any atom is -0.461 e. The molecule has 0 aliphatic rings. The largest absolute Gasteiger partial charge is 0.461 e. The van der Waals surface area contributed by atoms with Gasteiger partial charge in [-0.1, -0.05) is 32.0 Å². The van der Waals surface area contributed by atoms with E-state index in [1.807, 2.05) is 44.2 Å². The van der Waals surface area contributed by atoms with Crippen molar-refractivity contribution in [3.63, 3.8) is 0 Å². The van der Waals surface area contributed by atoms with Crippen molar-refractivity contribution in [2.24, 2.45) is 5.92 Å². The molecule has 0 amide bonds. The number of aromatic amines is 1. The number of esters is 1. The first-order valence-corrected chi connectivity index (χ1v) is 6.47. The number of nitrogens with zero attached hydrogens (tertiary/aromatic N) is 1. The van der Waals surface area contributed by atoms with E-state index in [0.717, 1.165) is 16.5 Å². The first-order chi connectivity index (χ1) is 9.61. The molecule has 2 aromatic rings. The van der Waals surface area contributed by atoms with E-state index in [4.69, 9.17) is 10.00 Å². The Kier molecular flexibility index (Phi) is 4.21. The third-order valence-electron chi connectivity index (χ3n) is 2.81. The Morgan fingerprint density at radius 3 is 2.90 bits per heavy atom. The van der Waals surface area contributed by atoms with Crippen LogP contribution in [0.1, 0.15) is 19.4 Å². The van der Waals surface area contributed by atoms with Gasteiger partial charge in [0.15, 0.2) is 0 Å². The summed E-state index contributed by atoms with van der Waals surface area (Å²) >= 11 is 0. The highest BCUT2D eigenvalue weighted by atomic mass is 16.5. The number of nitrogens with one attached hydrogen (secondary N) is 1. The van der Waals surface area contributed by atoms with Crippen LogP contribution in [0.2, 0.25) is 0 Å². The van der Waals surface area contributed by atoms with Crippen molar-refractivity contribution >= 4 is 22.9 Å². The summed E-state index contributed by atoms with van der Waals surface area (Å²) in [5, 5.41) is 10.1. The van der Waals surface area contributed by atoms with Crippen LogP contribution < -0.4 is 0 Å². The minimum absolute atomic E-state index is 0.00963. The van der Waals surface area contributed by atoms with Crippen molar-refractivity contribution in [1.82, 2.24) is 4.98 Å². The molecule has 20 heavy (non-hydrogen) atoms. The monoisotopic (exact) mass is 268 g/mol. The summed E-state index contributed by atoms with van der Waals surface area (Å²) in [5.74, 6) is -0.335. The van der Waals surface area contributed by atoms with Crippen LogP contribution in [-0.2, 0) is 9.53 Å². The Morgan fingerprint density at radius 1 is 1.45 bits per heavy atom. The molecule has 1 heterocycles. The van der Waals surface area contributed by atoms with Crippen LogP contribution in [0.15, 0.2) is 36.0 Å². The van der Waals surface area contributed by atoms with Gasteiger partial charge < -0.3 is 9.72 Å². The third kappa shape index (κ3) is 3.07. The number of hydrogen-bond acceptors (Lipinski definition) is 3. The zero-order chi connectivity index (χ0) is 14.5. The molecule has 0 aliphatic heterocycles. The van der Waals surface area contributed by atoms with Gasteiger partial charge in [0.25, 0.3) is 0 Å². The van der Waals surface area contributed by atoms with E-state index in [0.29, 0.717) is 6.61 Å². The second-order valence-electron chi connectivity index (χ2n) is 4.95. The summed E-state index contributed by atoms with van der Waals surface area (Å²) in [7, 11) is 0. The lowest BCUT2D eigenvalue weighted by Gasteiger charge is -2.05. The maximum atomic E-state index is 11.8. The number of para-hydroxylation sites is 1. The summed E-state index contributed by atoms with van der Waals surface area (Å²) in [6.07, 6.45) is 3.33. The molecule has 0 saturated heterocycles. The second-order valence-corrected chi connectivity index (χ2v) is 4.95. The van der Waals surface area contributed by atoms with E-state index >= 15 is 0 Å². The highest BCUT2D eigenvalue weighted by molar-refractivity contribution is 6.01. The normalized spacial score (nSPS) is 11.6. The number of carbonyl (C=O) groups is 1. The highest BCUT2D eigenvalue weighted by Gasteiger charge is 2.12. The van der Waals surface area contributed by atoms with E-state index in [1.165, 1.54) is 0 Å². The van der Waals surface area contributed by atoms with Gasteiger partial charge in [0.2, 0.25) is 0 Å². The molecular weight excluding hydrogens is 252 g/mol. The predicted molar refractivity (Wildman–Crippen MR) is 77.7 cm³/mol. The van der Waals surface area contributed by atoms with Gasteiger partial charge in [-0.2, -0.15) is 5.26 Å². The van der Waals surface area contributed by atoms with Crippen molar-refractivity contribution < 1.29 is 9.53 Å². The Labute approximate surface area is 117 Å². The summed E-state index contributed by atoms with van der Waals surface area (Å²) in [5.41, 5.74) is 1.78. The summed E-state index contributed by atoms with van der Waals surface area (Å²) < 4.78 is 5.08. The van der Waals surface area contributed by atoms with Gasteiger partial charge in [0.05, 0.1) is 6.61 Å². The Balaban J connectivity index is 2.27. The molecule has 0 fully saturated rings. The summed E-state index contributed by atoms with van der Waals surface area (Å²) in [6.45, 7) is 4.21. The number of aromatic nitrogens is 1. The lowest BCUT2D eigenvalue weighted by Crippen LogP contribution is -2.11. The first kappa shape index (κ1) is 13.9. The fourth-order valence-electron chi connectivity index (χ4n) is 1.83. The molecule has 0 spiro atoms. The number of ether oxygens (including phenoxy) is 1. The van der Waals surface area contributed by atoms with Crippen LogP contribution in [0.25, 0.3) is 17.0 Å². The van der Waals surface area contributed by atoms with E-state index in [1.54, 1.807) is 12.3 Å². The number of fused-ring (bicyclic) bond motifs is 1. The Hall–Kier alpha value is -2.54. The number of benzene rings is 1. The van der Waals surface area contributed by atoms with Crippen LogP contribution in [0, 0.1) is 17.2 Å².